The molecule has 0 saturated carbocycles. The molecule has 1 heterocycles. The third kappa shape index (κ3) is 4.41. The summed E-state index contributed by atoms with van der Waals surface area (Å²) in [6.45, 7) is -1.92. The van der Waals surface area contributed by atoms with Crippen molar-refractivity contribution in [3.8, 4) is 0 Å². The van der Waals surface area contributed by atoms with Gasteiger partial charge in [0.05, 0.1) is 6.54 Å². The maximum absolute atomic E-state index is 12.8. The van der Waals surface area contributed by atoms with E-state index in [2.05, 4.69) is 15.3 Å². The van der Waals surface area contributed by atoms with Gasteiger partial charge in [-0.05, 0) is 11.6 Å². The number of benzene rings is 1. The topological polar surface area (TPSA) is 45.5 Å². The van der Waals surface area contributed by atoms with Gasteiger partial charge in [0.1, 0.15) is 5.82 Å². The highest BCUT2D eigenvalue weighted by Crippen LogP contribution is 2.16. The minimum Gasteiger partial charge on any atom is -0.349 e. The Morgan fingerprint density at radius 3 is 2.83 bits per heavy atom. The Hall–Kier alpha value is -2.15. The van der Waals surface area contributed by atoms with Crippen LogP contribution in [-0.2, 0) is 13.1 Å². The van der Waals surface area contributed by atoms with Gasteiger partial charge in [-0.15, -0.1) is 0 Å². The van der Waals surface area contributed by atoms with Crippen LogP contribution < -0.4 is 5.32 Å². The second-order valence-corrected chi connectivity index (χ2v) is 5.28. The summed E-state index contributed by atoms with van der Waals surface area (Å²) < 4.78 is 26.4. The van der Waals surface area contributed by atoms with E-state index < -0.39 is 6.55 Å². The first-order valence-corrected chi connectivity index (χ1v) is 7.35. The summed E-state index contributed by atoms with van der Waals surface area (Å²) in [5.41, 5.74) is 0.952. The molecule has 5 nitrogen and oxygen atoms in total. The van der Waals surface area contributed by atoms with Crippen LogP contribution in [0.4, 0.5) is 8.78 Å². The highest BCUT2D eigenvalue weighted by molar-refractivity contribution is 6.31. The van der Waals surface area contributed by atoms with Crippen molar-refractivity contribution >= 4 is 17.6 Å². The van der Waals surface area contributed by atoms with Gasteiger partial charge in [0.25, 0.3) is 0 Å². The molecule has 1 aromatic carbocycles. The Morgan fingerprint density at radius 2 is 2.17 bits per heavy atom. The average Bonchev–Trinajstić information content (AvgIpc) is 2.99. The minimum atomic E-state index is -2.61. The highest BCUT2D eigenvalue weighted by Gasteiger charge is 2.13. The van der Waals surface area contributed by atoms with E-state index in [1.165, 1.54) is 12.4 Å². The molecule has 0 saturated heterocycles. The van der Waals surface area contributed by atoms with E-state index in [1.807, 2.05) is 36.2 Å². The van der Waals surface area contributed by atoms with Crippen molar-refractivity contribution in [2.45, 2.75) is 19.6 Å². The van der Waals surface area contributed by atoms with Crippen LogP contribution in [0.25, 0.3) is 0 Å². The van der Waals surface area contributed by atoms with Crippen molar-refractivity contribution in [3.63, 3.8) is 0 Å². The predicted octanol–water partition coefficient (Wildman–Crippen LogP) is 3.14. The maximum atomic E-state index is 12.8. The quantitative estimate of drug-likeness (QED) is 0.671. The van der Waals surface area contributed by atoms with Crippen LogP contribution in [0.2, 0.25) is 5.02 Å². The monoisotopic (exact) mass is 341 g/mol. The van der Waals surface area contributed by atoms with Crippen molar-refractivity contribution in [1.29, 1.82) is 0 Å². The summed E-state index contributed by atoms with van der Waals surface area (Å²) in [6, 6.07) is 7.52. The van der Waals surface area contributed by atoms with Crippen LogP contribution in [0.15, 0.2) is 41.7 Å². The van der Waals surface area contributed by atoms with Gasteiger partial charge >= 0.3 is 6.55 Å². The first-order valence-electron chi connectivity index (χ1n) is 6.98. The van der Waals surface area contributed by atoms with Crippen molar-refractivity contribution in [3.05, 3.63) is 53.1 Å². The summed E-state index contributed by atoms with van der Waals surface area (Å²) in [4.78, 5) is 9.94. The third-order valence-corrected chi connectivity index (χ3v) is 3.67. The van der Waals surface area contributed by atoms with Crippen LogP contribution in [0.3, 0.4) is 0 Å². The average molecular weight is 342 g/mol. The zero-order chi connectivity index (χ0) is 16.8. The highest BCUT2D eigenvalue weighted by atomic mass is 35.5. The Labute approximate surface area is 138 Å². The minimum absolute atomic E-state index is 0.150. The molecule has 2 rings (SSSR count). The molecule has 2 aromatic rings. The second kappa shape index (κ2) is 7.92. The molecule has 0 bridgehead atoms. The van der Waals surface area contributed by atoms with E-state index in [-0.39, 0.29) is 12.4 Å². The first-order chi connectivity index (χ1) is 11.0. The number of hydrogen-bond acceptors (Lipinski definition) is 2. The lowest BCUT2D eigenvalue weighted by Crippen LogP contribution is -2.38. The Bertz CT molecular complexity index is 671. The molecule has 0 aliphatic rings. The molecule has 124 valence electrons. The number of hydrogen-bond donors (Lipinski definition) is 1. The van der Waals surface area contributed by atoms with Gasteiger partial charge in [-0.1, -0.05) is 29.8 Å². The van der Waals surface area contributed by atoms with Crippen molar-refractivity contribution < 1.29 is 8.78 Å². The SMILES string of the molecule is CN=C(NCc1nccn1C(F)F)N(C)Cc1ccccc1Cl. The zero-order valence-corrected chi connectivity index (χ0v) is 13.6. The molecule has 0 spiro atoms. The standard InChI is InChI=1S/C15H18ClF2N5/c1-19-15(21-9-13-20-7-8-23(13)14(17)18)22(2)10-11-5-3-4-6-12(11)16/h3-8,14H,9-10H2,1-2H3,(H,19,21). The number of guanidine groups is 1. The summed E-state index contributed by atoms with van der Waals surface area (Å²) in [6.07, 6.45) is 2.59. The molecule has 0 amide bonds. The molecule has 0 radical (unpaired) electrons. The first kappa shape index (κ1) is 17.2. The molecular formula is C15H18ClF2N5. The molecule has 0 aliphatic heterocycles. The number of aromatic nitrogens is 2. The molecule has 8 heteroatoms. The molecule has 0 atom stereocenters. The molecule has 23 heavy (non-hydrogen) atoms. The zero-order valence-electron chi connectivity index (χ0n) is 12.9. The number of rotatable bonds is 5. The van der Waals surface area contributed by atoms with Crippen LogP contribution in [-0.4, -0.2) is 34.5 Å². The number of halogens is 3. The van der Waals surface area contributed by atoms with Gasteiger partial charge in [-0.2, -0.15) is 8.78 Å². The summed E-state index contributed by atoms with van der Waals surface area (Å²) in [5.74, 6) is 0.807. The smallest absolute Gasteiger partial charge is 0.319 e. The lowest BCUT2D eigenvalue weighted by atomic mass is 10.2. The van der Waals surface area contributed by atoms with E-state index in [1.54, 1.807) is 7.05 Å². The number of nitrogens with zero attached hydrogens (tertiary/aromatic N) is 4. The van der Waals surface area contributed by atoms with Gasteiger partial charge in [0.2, 0.25) is 0 Å². The van der Waals surface area contributed by atoms with Gasteiger partial charge in [-0.3, -0.25) is 9.56 Å². The lowest BCUT2D eigenvalue weighted by molar-refractivity contribution is 0.0668. The number of imidazole rings is 1. The molecular weight excluding hydrogens is 324 g/mol. The number of alkyl halides is 2. The number of aliphatic imine (C=N–C) groups is 1. The fraction of sp³-hybridized carbons (Fsp3) is 0.333. The van der Waals surface area contributed by atoms with Crippen LogP contribution >= 0.6 is 11.6 Å². The van der Waals surface area contributed by atoms with E-state index in [0.717, 1.165) is 10.1 Å². The van der Waals surface area contributed by atoms with Crippen molar-refractivity contribution in [2.24, 2.45) is 4.99 Å². The number of nitrogens with one attached hydrogen (secondary N) is 1. The Morgan fingerprint density at radius 1 is 1.43 bits per heavy atom. The molecule has 0 fully saturated rings. The van der Waals surface area contributed by atoms with Gasteiger partial charge in [0, 0.05) is 38.1 Å². The molecule has 0 aliphatic carbocycles. The normalized spacial score (nSPS) is 11.8. The van der Waals surface area contributed by atoms with Crippen LogP contribution in [0.1, 0.15) is 17.9 Å². The summed E-state index contributed by atoms with van der Waals surface area (Å²) in [5, 5.41) is 3.69. The maximum Gasteiger partial charge on any atom is 0.319 e. The van der Waals surface area contributed by atoms with E-state index in [9.17, 15) is 8.78 Å². The summed E-state index contributed by atoms with van der Waals surface area (Å²) >= 11 is 6.15. The fourth-order valence-electron chi connectivity index (χ4n) is 2.16. The lowest BCUT2D eigenvalue weighted by Gasteiger charge is -2.22. The molecule has 1 N–H and O–H groups in total. The van der Waals surface area contributed by atoms with Gasteiger partial charge in [-0.25, -0.2) is 4.98 Å². The van der Waals surface area contributed by atoms with E-state index in [0.29, 0.717) is 17.5 Å². The second-order valence-electron chi connectivity index (χ2n) is 4.88. The predicted molar refractivity (Wildman–Crippen MR) is 86.6 cm³/mol. The third-order valence-electron chi connectivity index (χ3n) is 3.30. The van der Waals surface area contributed by atoms with Crippen molar-refractivity contribution in [1.82, 2.24) is 19.8 Å². The van der Waals surface area contributed by atoms with Crippen molar-refractivity contribution in [2.75, 3.05) is 14.1 Å². The molecule has 0 unspecified atom stereocenters. The van der Waals surface area contributed by atoms with Crippen LogP contribution in [0.5, 0.6) is 0 Å². The Kier molecular flexibility index (Phi) is 5.92. The molecule has 1 aromatic heterocycles. The van der Waals surface area contributed by atoms with E-state index in [4.69, 9.17) is 11.6 Å². The Balaban J connectivity index is 2.00. The largest absolute Gasteiger partial charge is 0.349 e. The fourth-order valence-corrected chi connectivity index (χ4v) is 2.35. The van der Waals surface area contributed by atoms with E-state index >= 15 is 0 Å². The van der Waals surface area contributed by atoms with Crippen LogP contribution in [0, 0.1) is 0 Å². The van der Waals surface area contributed by atoms with Gasteiger partial charge < -0.3 is 10.2 Å². The summed E-state index contributed by atoms with van der Waals surface area (Å²) in [7, 11) is 3.48. The van der Waals surface area contributed by atoms with Gasteiger partial charge in [0.15, 0.2) is 5.96 Å².